The van der Waals surface area contributed by atoms with Crippen LogP contribution in [0.3, 0.4) is 0 Å². The lowest BCUT2D eigenvalue weighted by Gasteiger charge is -2.26. The lowest BCUT2D eigenvalue weighted by atomic mass is 9.84. The summed E-state index contributed by atoms with van der Waals surface area (Å²) in [6.07, 6.45) is 0. The molecule has 0 aliphatic rings. The van der Waals surface area contributed by atoms with Crippen molar-refractivity contribution in [2.45, 2.75) is 19.3 Å². The molecule has 1 aromatic carbocycles. The van der Waals surface area contributed by atoms with Gasteiger partial charge in [-0.1, -0.05) is 32.0 Å². The molecule has 0 aliphatic heterocycles. The summed E-state index contributed by atoms with van der Waals surface area (Å²) in [4.78, 5) is 23.6. The Hall–Kier alpha value is -2.90. The van der Waals surface area contributed by atoms with Gasteiger partial charge in [0.25, 0.3) is 0 Å². The van der Waals surface area contributed by atoms with Crippen LogP contribution in [0.1, 0.15) is 29.9 Å². The molecule has 1 aromatic heterocycles. The minimum Gasteiger partial charge on any atom is -0.464 e. The number of aryl methyl sites for hydroxylation is 1. The number of nitrogens with zero attached hydrogens (tertiary/aromatic N) is 2. The molecule has 0 atom stereocenters. The number of carbonyl (C=O) groups is 2. The molecule has 2 aromatic rings. The number of aromatic nitrogens is 2. The van der Waals surface area contributed by atoms with Gasteiger partial charge < -0.3 is 10.1 Å². The van der Waals surface area contributed by atoms with Crippen molar-refractivity contribution in [3.05, 3.63) is 47.4 Å². The van der Waals surface area contributed by atoms with Gasteiger partial charge in [0.2, 0.25) is 0 Å². The highest BCUT2D eigenvalue weighted by Gasteiger charge is 2.24. The van der Waals surface area contributed by atoms with Crippen LogP contribution in [0.15, 0.2) is 30.3 Å². The summed E-state index contributed by atoms with van der Waals surface area (Å²) in [5.74, 6) is -0.574. The number of urea groups is 1. The summed E-state index contributed by atoms with van der Waals surface area (Å²) >= 11 is 0. The van der Waals surface area contributed by atoms with E-state index in [4.69, 9.17) is 0 Å². The first kappa shape index (κ1) is 18.4. The Kier molecular flexibility index (Phi) is 5.41. The van der Waals surface area contributed by atoms with E-state index in [-0.39, 0.29) is 18.1 Å². The Labute approximate surface area is 145 Å². The lowest BCUT2D eigenvalue weighted by molar-refractivity contribution is 0.0593. The number of ether oxygens (including phenoxy) is 1. The second-order valence-electron chi connectivity index (χ2n) is 6.20. The molecule has 0 aliphatic carbocycles. The Bertz CT molecular complexity index is 786. The Morgan fingerprint density at radius 3 is 2.64 bits per heavy atom. The lowest BCUT2D eigenvalue weighted by Crippen LogP contribution is -2.39. The number of esters is 1. The van der Waals surface area contributed by atoms with E-state index < -0.39 is 17.4 Å². The predicted molar refractivity (Wildman–Crippen MR) is 91.0 cm³/mol. The molecule has 0 bridgehead atoms. The van der Waals surface area contributed by atoms with E-state index in [2.05, 4.69) is 20.5 Å². The van der Waals surface area contributed by atoms with Crippen molar-refractivity contribution in [3.8, 4) is 0 Å². The molecule has 8 heteroatoms. The van der Waals surface area contributed by atoms with Gasteiger partial charge in [0, 0.05) is 25.1 Å². The van der Waals surface area contributed by atoms with Gasteiger partial charge in [0.15, 0.2) is 5.69 Å². The maximum absolute atomic E-state index is 13.9. The van der Waals surface area contributed by atoms with E-state index in [0.29, 0.717) is 11.4 Å². The summed E-state index contributed by atoms with van der Waals surface area (Å²) in [6.45, 7) is 3.90. The summed E-state index contributed by atoms with van der Waals surface area (Å²) in [6, 6.07) is 7.39. The number of amides is 2. The van der Waals surface area contributed by atoms with Crippen LogP contribution in [-0.4, -0.2) is 35.4 Å². The number of hydrogen-bond acceptors (Lipinski definition) is 4. The highest BCUT2D eigenvalue weighted by atomic mass is 19.1. The third kappa shape index (κ3) is 4.34. The molecule has 0 radical (unpaired) electrons. The summed E-state index contributed by atoms with van der Waals surface area (Å²) in [5, 5.41) is 9.25. The number of halogens is 1. The van der Waals surface area contributed by atoms with Crippen molar-refractivity contribution in [1.82, 2.24) is 15.1 Å². The topological polar surface area (TPSA) is 85.2 Å². The van der Waals surface area contributed by atoms with Crippen LogP contribution in [-0.2, 0) is 17.2 Å². The minimum absolute atomic E-state index is 0.0898. The number of hydrogen-bond donors (Lipinski definition) is 2. The third-order valence-corrected chi connectivity index (χ3v) is 3.81. The van der Waals surface area contributed by atoms with Gasteiger partial charge in [-0.3, -0.25) is 10.00 Å². The number of methoxy groups -OCH3 is 1. The summed E-state index contributed by atoms with van der Waals surface area (Å²) < 4.78 is 19.9. The number of nitrogens with one attached hydrogen (secondary N) is 2. The smallest absolute Gasteiger partial charge is 0.358 e. The van der Waals surface area contributed by atoms with Crippen molar-refractivity contribution >= 4 is 17.8 Å². The first-order valence-electron chi connectivity index (χ1n) is 7.67. The summed E-state index contributed by atoms with van der Waals surface area (Å²) in [7, 11) is 2.84. The van der Waals surface area contributed by atoms with Crippen molar-refractivity contribution in [2.75, 3.05) is 19.0 Å². The van der Waals surface area contributed by atoms with E-state index in [0.717, 1.165) is 0 Å². The Morgan fingerprint density at radius 2 is 2.00 bits per heavy atom. The van der Waals surface area contributed by atoms with E-state index in [1.165, 1.54) is 23.9 Å². The third-order valence-electron chi connectivity index (χ3n) is 3.81. The van der Waals surface area contributed by atoms with Crippen LogP contribution >= 0.6 is 0 Å². The Balaban J connectivity index is 2.00. The molecule has 0 saturated heterocycles. The predicted octanol–water partition coefficient (Wildman–Crippen LogP) is 2.45. The second-order valence-corrected chi connectivity index (χ2v) is 6.20. The number of carbonyl (C=O) groups excluding carboxylic acids is 2. The van der Waals surface area contributed by atoms with Gasteiger partial charge in [-0.25, -0.2) is 14.0 Å². The van der Waals surface area contributed by atoms with Gasteiger partial charge in [0.05, 0.1) is 7.11 Å². The first-order chi connectivity index (χ1) is 11.7. The van der Waals surface area contributed by atoms with Crippen LogP contribution in [0.4, 0.5) is 15.0 Å². The fraction of sp³-hybridized carbons (Fsp3) is 0.353. The molecule has 2 rings (SSSR count). The van der Waals surface area contributed by atoms with Crippen molar-refractivity contribution < 1.29 is 18.7 Å². The maximum Gasteiger partial charge on any atom is 0.358 e. The zero-order valence-corrected chi connectivity index (χ0v) is 14.6. The van der Waals surface area contributed by atoms with Gasteiger partial charge >= 0.3 is 12.0 Å². The highest BCUT2D eigenvalue weighted by molar-refractivity contribution is 5.92. The van der Waals surface area contributed by atoms with Crippen LogP contribution in [0, 0.1) is 5.82 Å². The average Bonchev–Trinajstić information content (AvgIpc) is 2.93. The van der Waals surface area contributed by atoms with E-state index in [1.54, 1.807) is 25.2 Å². The van der Waals surface area contributed by atoms with Crippen LogP contribution in [0.5, 0.6) is 0 Å². The quantitative estimate of drug-likeness (QED) is 0.813. The van der Waals surface area contributed by atoms with Crippen molar-refractivity contribution in [3.63, 3.8) is 0 Å². The Morgan fingerprint density at radius 1 is 1.32 bits per heavy atom. The van der Waals surface area contributed by atoms with Crippen LogP contribution in [0.25, 0.3) is 0 Å². The molecular weight excluding hydrogens is 327 g/mol. The molecule has 0 fully saturated rings. The fourth-order valence-electron chi connectivity index (χ4n) is 2.36. The average molecular weight is 348 g/mol. The fourth-order valence-corrected chi connectivity index (χ4v) is 2.36. The zero-order valence-electron chi connectivity index (χ0n) is 14.6. The summed E-state index contributed by atoms with van der Waals surface area (Å²) in [5.41, 5.74) is 0.0163. The van der Waals surface area contributed by atoms with Gasteiger partial charge in [-0.05, 0) is 11.6 Å². The van der Waals surface area contributed by atoms with E-state index in [1.807, 2.05) is 13.8 Å². The SMILES string of the molecule is COC(=O)c1cc(NC(=O)NCC(C)(C)c2ccccc2F)n(C)n1. The largest absolute Gasteiger partial charge is 0.464 e. The molecule has 1 heterocycles. The molecule has 2 N–H and O–H groups in total. The molecule has 25 heavy (non-hydrogen) atoms. The number of rotatable bonds is 5. The highest BCUT2D eigenvalue weighted by Crippen LogP contribution is 2.24. The van der Waals surface area contributed by atoms with Crippen molar-refractivity contribution in [1.29, 1.82) is 0 Å². The molecular formula is C17H21FN4O3. The molecule has 7 nitrogen and oxygen atoms in total. The zero-order chi connectivity index (χ0) is 18.6. The standard InChI is InChI=1S/C17H21FN4O3/c1-17(2,11-7-5-6-8-12(11)18)10-19-16(24)20-14-9-13(15(23)25-4)21-22(14)3/h5-9H,10H2,1-4H3,(H2,19,20,24). The van der Waals surface area contributed by atoms with Crippen molar-refractivity contribution in [2.24, 2.45) is 7.05 Å². The van der Waals surface area contributed by atoms with Gasteiger partial charge in [-0.2, -0.15) is 5.10 Å². The molecule has 0 spiro atoms. The molecule has 0 saturated carbocycles. The van der Waals surface area contributed by atoms with Crippen LogP contribution < -0.4 is 10.6 Å². The minimum atomic E-state index is -0.593. The monoisotopic (exact) mass is 348 g/mol. The molecule has 2 amide bonds. The van der Waals surface area contributed by atoms with Gasteiger partial charge in [0.1, 0.15) is 11.6 Å². The number of benzene rings is 1. The van der Waals surface area contributed by atoms with Crippen LogP contribution in [0.2, 0.25) is 0 Å². The number of anilines is 1. The van der Waals surface area contributed by atoms with Gasteiger partial charge in [-0.15, -0.1) is 0 Å². The van der Waals surface area contributed by atoms with E-state index in [9.17, 15) is 14.0 Å². The normalized spacial score (nSPS) is 11.1. The first-order valence-corrected chi connectivity index (χ1v) is 7.67. The maximum atomic E-state index is 13.9. The van der Waals surface area contributed by atoms with E-state index >= 15 is 0 Å². The second kappa shape index (κ2) is 7.33. The molecule has 0 unspecified atom stereocenters. The molecule has 134 valence electrons.